The van der Waals surface area contributed by atoms with Crippen molar-refractivity contribution in [3.8, 4) is 0 Å². The third kappa shape index (κ3) is 3.56. The molecule has 0 spiro atoms. The van der Waals surface area contributed by atoms with Gasteiger partial charge in [-0.25, -0.2) is 0 Å². The fourth-order valence-electron chi connectivity index (χ4n) is 1.59. The van der Waals surface area contributed by atoms with Gasteiger partial charge in [-0.15, -0.1) is 0 Å². The summed E-state index contributed by atoms with van der Waals surface area (Å²) in [7, 11) is 0. The van der Waals surface area contributed by atoms with E-state index in [1.165, 1.54) is 0 Å². The van der Waals surface area contributed by atoms with Crippen LogP contribution in [0, 0.1) is 3.57 Å². The van der Waals surface area contributed by atoms with Gasteiger partial charge in [0.1, 0.15) is 0 Å². The number of amides is 1. The molecule has 0 fully saturated rings. The molecule has 0 atom stereocenters. The van der Waals surface area contributed by atoms with Crippen LogP contribution in [-0.4, -0.2) is 16.1 Å². The van der Waals surface area contributed by atoms with Crippen LogP contribution in [0.5, 0.6) is 0 Å². The Hall–Kier alpha value is -1.37. The summed E-state index contributed by atoms with van der Waals surface area (Å²) < 4.78 is 1.03. The van der Waals surface area contributed by atoms with Crippen LogP contribution >= 0.6 is 22.6 Å². The number of aromatic amines is 1. The molecule has 0 saturated heterocycles. The Bertz CT molecular complexity index is 599. The molecule has 19 heavy (non-hydrogen) atoms. The molecule has 1 aromatic carbocycles. The minimum atomic E-state index is -0.148. The number of anilines is 1. The maximum absolute atomic E-state index is 12.1. The smallest absolute Gasteiger partial charge is 0.256 e. The van der Waals surface area contributed by atoms with E-state index in [9.17, 15) is 4.79 Å². The number of hydrogen-bond acceptors (Lipinski definition) is 2. The number of H-pyrrole nitrogens is 1. The first kappa shape index (κ1) is 14.0. The van der Waals surface area contributed by atoms with Crippen LogP contribution in [0.4, 0.5) is 5.82 Å². The molecule has 0 bridgehead atoms. The molecule has 0 aliphatic carbocycles. The van der Waals surface area contributed by atoms with Crippen molar-refractivity contribution >= 4 is 34.3 Å². The quantitative estimate of drug-likeness (QED) is 0.796. The summed E-state index contributed by atoms with van der Waals surface area (Å²) in [5.41, 5.74) is 1.61. The zero-order chi connectivity index (χ0) is 14.0. The molecule has 100 valence electrons. The molecule has 2 rings (SSSR count). The van der Waals surface area contributed by atoms with E-state index in [-0.39, 0.29) is 11.3 Å². The molecule has 2 N–H and O–H groups in total. The first-order chi connectivity index (χ1) is 8.86. The molecule has 0 unspecified atom stereocenters. The van der Waals surface area contributed by atoms with Crippen molar-refractivity contribution in [3.63, 3.8) is 0 Å². The maximum atomic E-state index is 12.1. The minimum absolute atomic E-state index is 0.0158. The molecule has 1 heterocycles. The lowest BCUT2D eigenvalue weighted by Gasteiger charge is -2.14. The first-order valence-corrected chi connectivity index (χ1v) is 7.07. The second-order valence-corrected chi connectivity index (χ2v) is 6.63. The molecular weight excluding hydrogens is 353 g/mol. The normalized spacial score (nSPS) is 11.4. The Morgan fingerprint density at radius 1 is 1.32 bits per heavy atom. The number of aromatic nitrogens is 2. The second kappa shape index (κ2) is 5.32. The second-order valence-electron chi connectivity index (χ2n) is 5.38. The van der Waals surface area contributed by atoms with Gasteiger partial charge in [-0.3, -0.25) is 9.89 Å². The van der Waals surface area contributed by atoms with Crippen molar-refractivity contribution in [2.24, 2.45) is 0 Å². The third-order valence-corrected chi connectivity index (χ3v) is 3.39. The molecule has 2 aromatic rings. The largest absolute Gasteiger partial charge is 0.305 e. The molecule has 4 nitrogen and oxygen atoms in total. The van der Waals surface area contributed by atoms with E-state index in [4.69, 9.17) is 0 Å². The zero-order valence-electron chi connectivity index (χ0n) is 11.1. The van der Waals surface area contributed by atoms with Crippen molar-refractivity contribution in [1.82, 2.24) is 10.2 Å². The molecule has 1 aromatic heterocycles. The van der Waals surface area contributed by atoms with Gasteiger partial charge in [0, 0.05) is 26.3 Å². The predicted octanol–water partition coefficient (Wildman–Crippen LogP) is 3.56. The van der Waals surface area contributed by atoms with Gasteiger partial charge in [-0.2, -0.15) is 5.10 Å². The number of halogens is 1. The van der Waals surface area contributed by atoms with Gasteiger partial charge in [0.15, 0.2) is 5.82 Å². The maximum Gasteiger partial charge on any atom is 0.256 e. The van der Waals surface area contributed by atoms with E-state index in [1.807, 2.05) is 24.3 Å². The zero-order valence-corrected chi connectivity index (χ0v) is 13.3. The van der Waals surface area contributed by atoms with Crippen molar-refractivity contribution in [3.05, 3.63) is 45.2 Å². The van der Waals surface area contributed by atoms with E-state index >= 15 is 0 Å². The van der Waals surface area contributed by atoms with Crippen molar-refractivity contribution in [2.75, 3.05) is 5.32 Å². The Morgan fingerprint density at radius 3 is 2.63 bits per heavy atom. The molecule has 0 radical (unpaired) electrons. The average molecular weight is 369 g/mol. The highest BCUT2D eigenvalue weighted by Gasteiger charge is 2.17. The minimum Gasteiger partial charge on any atom is -0.305 e. The van der Waals surface area contributed by atoms with Gasteiger partial charge in [0.05, 0.1) is 0 Å². The van der Waals surface area contributed by atoms with E-state index in [0.29, 0.717) is 11.4 Å². The summed E-state index contributed by atoms with van der Waals surface area (Å²) in [5.74, 6) is 0.402. The van der Waals surface area contributed by atoms with Gasteiger partial charge in [0.2, 0.25) is 0 Å². The molecular formula is C14H16IN3O. The molecule has 5 heteroatoms. The van der Waals surface area contributed by atoms with Crippen LogP contribution in [0.1, 0.15) is 36.8 Å². The van der Waals surface area contributed by atoms with Crippen LogP contribution in [0.25, 0.3) is 0 Å². The molecule has 1 amide bonds. The fraction of sp³-hybridized carbons (Fsp3) is 0.286. The number of carbonyl (C=O) groups excluding carboxylic acids is 1. The monoisotopic (exact) mass is 369 g/mol. The lowest BCUT2D eigenvalue weighted by Crippen LogP contribution is -2.12. The number of nitrogens with one attached hydrogen (secondary N) is 2. The highest BCUT2D eigenvalue weighted by molar-refractivity contribution is 14.1. The van der Waals surface area contributed by atoms with Crippen LogP contribution in [0.2, 0.25) is 0 Å². The Morgan fingerprint density at radius 2 is 2.05 bits per heavy atom. The molecule has 0 saturated carbocycles. The lowest BCUT2D eigenvalue weighted by molar-refractivity contribution is 0.102. The number of hydrogen-bond donors (Lipinski definition) is 2. The number of rotatable bonds is 2. The summed E-state index contributed by atoms with van der Waals surface area (Å²) in [6, 6.07) is 9.30. The summed E-state index contributed by atoms with van der Waals surface area (Å²) in [6.07, 6.45) is 0. The van der Waals surface area contributed by atoms with Gasteiger partial charge in [-0.1, -0.05) is 26.8 Å². The van der Waals surface area contributed by atoms with E-state index in [0.717, 1.165) is 9.26 Å². The number of nitrogens with zero attached hydrogens (tertiary/aromatic N) is 1. The Balaban J connectivity index is 2.13. The standard InChI is InChI=1S/C14H16IN3O/c1-14(2,3)11-8-12(18-17-11)16-13(19)9-5-4-6-10(15)7-9/h4-8H,1-3H3,(H2,16,17,18,19). The summed E-state index contributed by atoms with van der Waals surface area (Å²) in [4.78, 5) is 12.1. The summed E-state index contributed by atoms with van der Waals surface area (Å²) >= 11 is 2.18. The number of benzene rings is 1. The van der Waals surface area contributed by atoms with Gasteiger partial charge < -0.3 is 5.32 Å². The van der Waals surface area contributed by atoms with Crippen LogP contribution in [0.3, 0.4) is 0 Å². The van der Waals surface area contributed by atoms with E-state index in [2.05, 4.69) is 58.9 Å². The van der Waals surface area contributed by atoms with Crippen molar-refractivity contribution in [1.29, 1.82) is 0 Å². The summed E-state index contributed by atoms with van der Waals surface area (Å²) in [5, 5.41) is 9.85. The van der Waals surface area contributed by atoms with Gasteiger partial charge in [-0.05, 0) is 40.8 Å². The van der Waals surface area contributed by atoms with Gasteiger partial charge in [0.25, 0.3) is 5.91 Å². The highest BCUT2D eigenvalue weighted by atomic mass is 127. The Kier molecular flexibility index (Phi) is 3.93. The van der Waals surface area contributed by atoms with E-state index in [1.54, 1.807) is 6.07 Å². The SMILES string of the molecule is CC(C)(C)c1cc(NC(=O)c2cccc(I)c2)n[nH]1. The lowest BCUT2D eigenvalue weighted by atomic mass is 9.92. The van der Waals surface area contributed by atoms with E-state index < -0.39 is 0 Å². The number of carbonyl (C=O) groups is 1. The average Bonchev–Trinajstić information content (AvgIpc) is 2.77. The van der Waals surface area contributed by atoms with Crippen LogP contribution < -0.4 is 5.32 Å². The van der Waals surface area contributed by atoms with Crippen molar-refractivity contribution < 1.29 is 4.79 Å². The Labute approximate surface area is 126 Å². The topological polar surface area (TPSA) is 57.8 Å². The van der Waals surface area contributed by atoms with Crippen LogP contribution in [0.15, 0.2) is 30.3 Å². The first-order valence-electron chi connectivity index (χ1n) is 5.99. The van der Waals surface area contributed by atoms with Crippen LogP contribution in [-0.2, 0) is 5.41 Å². The van der Waals surface area contributed by atoms with Gasteiger partial charge >= 0.3 is 0 Å². The summed E-state index contributed by atoms with van der Waals surface area (Å²) in [6.45, 7) is 6.27. The molecule has 0 aliphatic heterocycles. The third-order valence-electron chi connectivity index (χ3n) is 2.71. The molecule has 0 aliphatic rings. The van der Waals surface area contributed by atoms with Crippen molar-refractivity contribution in [2.45, 2.75) is 26.2 Å². The fourth-order valence-corrected chi connectivity index (χ4v) is 2.13. The highest BCUT2D eigenvalue weighted by Crippen LogP contribution is 2.22. The predicted molar refractivity (Wildman–Crippen MR) is 84.4 cm³/mol.